The molecule has 4 aromatic rings. The highest BCUT2D eigenvalue weighted by molar-refractivity contribution is 7.98. The number of thioether (sulfide) groups is 1. The molecule has 0 fully saturated rings. The van der Waals surface area contributed by atoms with Crippen molar-refractivity contribution in [2.24, 2.45) is 0 Å². The molecule has 4 nitrogen and oxygen atoms in total. The summed E-state index contributed by atoms with van der Waals surface area (Å²) >= 11 is 1.56. The van der Waals surface area contributed by atoms with E-state index in [1.807, 2.05) is 59.2 Å². The lowest BCUT2D eigenvalue weighted by molar-refractivity contribution is 0.414. The molecule has 0 N–H and O–H groups in total. The third-order valence-electron chi connectivity index (χ3n) is 4.29. The molecule has 0 spiro atoms. The van der Waals surface area contributed by atoms with Gasteiger partial charge in [-0.25, -0.2) is 4.39 Å². The van der Waals surface area contributed by atoms with Gasteiger partial charge >= 0.3 is 0 Å². The fourth-order valence-corrected chi connectivity index (χ4v) is 3.77. The summed E-state index contributed by atoms with van der Waals surface area (Å²) in [5, 5.41) is 9.35. The SMILES string of the molecule is COc1ccc(CSc2nnc(-c3ccccc3F)n2-c2ccccc2)cc1. The van der Waals surface area contributed by atoms with E-state index < -0.39 is 0 Å². The van der Waals surface area contributed by atoms with Crippen LogP contribution in [0, 0.1) is 5.82 Å². The average molecular weight is 391 g/mol. The molecular formula is C22H18FN3OS. The van der Waals surface area contributed by atoms with Crippen molar-refractivity contribution in [1.82, 2.24) is 14.8 Å². The van der Waals surface area contributed by atoms with Crippen LogP contribution in [0.4, 0.5) is 4.39 Å². The van der Waals surface area contributed by atoms with Crippen molar-refractivity contribution < 1.29 is 9.13 Å². The smallest absolute Gasteiger partial charge is 0.196 e. The number of para-hydroxylation sites is 1. The molecule has 1 heterocycles. The van der Waals surface area contributed by atoms with Gasteiger partial charge in [-0.2, -0.15) is 0 Å². The zero-order valence-corrected chi connectivity index (χ0v) is 16.1. The van der Waals surface area contributed by atoms with Gasteiger partial charge in [-0.05, 0) is 42.0 Å². The van der Waals surface area contributed by atoms with Gasteiger partial charge in [0, 0.05) is 11.4 Å². The van der Waals surface area contributed by atoms with Crippen LogP contribution in [0.25, 0.3) is 17.1 Å². The van der Waals surface area contributed by atoms with Crippen LogP contribution in [-0.2, 0) is 5.75 Å². The number of hydrogen-bond donors (Lipinski definition) is 0. The van der Waals surface area contributed by atoms with Crippen molar-refractivity contribution in [2.75, 3.05) is 7.11 Å². The van der Waals surface area contributed by atoms with Crippen LogP contribution in [0.1, 0.15) is 5.56 Å². The largest absolute Gasteiger partial charge is 0.497 e. The molecule has 0 saturated heterocycles. The fraction of sp³-hybridized carbons (Fsp3) is 0.0909. The first-order valence-corrected chi connectivity index (χ1v) is 9.76. The molecule has 28 heavy (non-hydrogen) atoms. The Kier molecular flexibility index (Phi) is 5.39. The first-order valence-electron chi connectivity index (χ1n) is 8.78. The number of aromatic nitrogens is 3. The van der Waals surface area contributed by atoms with E-state index in [2.05, 4.69) is 10.2 Å². The van der Waals surface area contributed by atoms with E-state index >= 15 is 0 Å². The molecule has 4 rings (SSSR count). The topological polar surface area (TPSA) is 39.9 Å². The zero-order valence-electron chi connectivity index (χ0n) is 15.2. The summed E-state index contributed by atoms with van der Waals surface area (Å²) in [6, 6.07) is 24.3. The summed E-state index contributed by atoms with van der Waals surface area (Å²) in [5.41, 5.74) is 2.46. The molecule has 0 amide bonds. The first-order chi connectivity index (χ1) is 13.8. The Labute approximate surface area is 167 Å². The first kappa shape index (κ1) is 18.3. The van der Waals surface area contributed by atoms with Crippen molar-refractivity contribution in [3.05, 3.63) is 90.2 Å². The Morgan fingerprint density at radius 2 is 1.61 bits per heavy atom. The molecule has 0 unspecified atom stereocenters. The number of nitrogens with zero attached hydrogens (tertiary/aromatic N) is 3. The summed E-state index contributed by atoms with van der Waals surface area (Å²) in [7, 11) is 1.65. The van der Waals surface area contributed by atoms with E-state index in [4.69, 9.17) is 4.74 Å². The van der Waals surface area contributed by atoms with E-state index in [1.165, 1.54) is 6.07 Å². The summed E-state index contributed by atoms with van der Waals surface area (Å²) in [4.78, 5) is 0. The van der Waals surface area contributed by atoms with E-state index in [-0.39, 0.29) is 5.82 Å². The predicted molar refractivity (Wildman–Crippen MR) is 109 cm³/mol. The van der Waals surface area contributed by atoms with Gasteiger partial charge in [0.15, 0.2) is 11.0 Å². The van der Waals surface area contributed by atoms with Crippen molar-refractivity contribution >= 4 is 11.8 Å². The van der Waals surface area contributed by atoms with Crippen molar-refractivity contribution in [2.45, 2.75) is 10.9 Å². The molecule has 0 aliphatic carbocycles. The predicted octanol–water partition coefficient (Wildman–Crippen LogP) is 5.37. The van der Waals surface area contributed by atoms with Gasteiger partial charge < -0.3 is 4.74 Å². The maximum absolute atomic E-state index is 14.4. The molecule has 6 heteroatoms. The van der Waals surface area contributed by atoms with Crippen LogP contribution in [0.2, 0.25) is 0 Å². The Hall–Kier alpha value is -3.12. The Morgan fingerprint density at radius 3 is 2.32 bits per heavy atom. The highest BCUT2D eigenvalue weighted by Crippen LogP contribution is 2.31. The normalized spacial score (nSPS) is 10.8. The number of halogens is 1. The van der Waals surface area contributed by atoms with Crippen LogP contribution in [0.3, 0.4) is 0 Å². The molecule has 0 atom stereocenters. The van der Waals surface area contributed by atoms with Gasteiger partial charge in [-0.15, -0.1) is 10.2 Å². The molecule has 0 radical (unpaired) electrons. The van der Waals surface area contributed by atoms with E-state index in [9.17, 15) is 4.39 Å². The summed E-state index contributed by atoms with van der Waals surface area (Å²) in [6.07, 6.45) is 0. The number of hydrogen-bond acceptors (Lipinski definition) is 4. The van der Waals surface area contributed by atoms with Gasteiger partial charge in [0.25, 0.3) is 0 Å². The average Bonchev–Trinajstić information content (AvgIpc) is 3.17. The quantitative estimate of drug-likeness (QED) is 0.414. The maximum Gasteiger partial charge on any atom is 0.196 e. The molecule has 140 valence electrons. The minimum absolute atomic E-state index is 0.321. The van der Waals surface area contributed by atoms with Gasteiger partial charge in [0.05, 0.1) is 12.7 Å². The maximum atomic E-state index is 14.4. The summed E-state index contributed by atoms with van der Waals surface area (Å²) in [6.45, 7) is 0. The van der Waals surface area contributed by atoms with E-state index in [0.29, 0.717) is 22.3 Å². The second-order valence-corrected chi connectivity index (χ2v) is 7.04. The number of benzene rings is 3. The van der Waals surface area contributed by atoms with Gasteiger partial charge in [0.2, 0.25) is 0 Å². The highest BCUT2D eigenvalue weighted by Gasteiger charge is 2.18. The molecular weight excluding hydrogens is 373 g/mol. The monoisotopic (exact) mass is 391 g/mol. The van der Waals surface area contributed by atoms with Crippen LogP contribution in [0.5, 0.6) is 5.75 Å². The van der Waals surface area contributed by atoms with Gasteiger partial charge in [-0.3, -0.25) is 4.57 Å². The summed E-state index contributed by atoms with van der Waals surface area (Å²) in [5.74, 6) is 1.70. The third kappa shape index (κ3) is 3.77. The van der Waals surface area contributed by atoms with Crippen molar-refractivity contribution in [1.29, 1.82) is 0 Å². The minimum Gasteiger partial charge on any atom is -0.497 e. The van der Waals surface area contributed by atoms with Crippen LogP contribution in [-0.4, -0.2) is 21.9 Å². The van der Waals surface area contributed by atoms with Crippen LogP contribution >= 0.6 is 11.8 Å². The molecule has 0 aliphatic heterocycles. The Bertz CT molecular complexity index is 1060. The van der Waals surface area contributed by atoms with Gasteiger partial charge in [-0.1, -0.05) is 54.2 Å². The third-order valence-corrected chi connectivity index (χ3v) is 5.29. The van der Waals surface area contributed by atoms with Crippen LogP contribution < -0.4 is 4.74 Å². The summed E-state index contributed by atoms with van der Waals surface area (Å²) < 4.78 is 21.5. The molecule has 0 aliphatic rings. The molecule has 0 bridgehead atoms. The molecule has 3 aromatic carbocycles. The zero-order chi connectivity index (χ0) is 19.3. The molecule has 1 aromatic heterocycles. The van der Waals surface area contributed by atoms with Crippen molar-refractivity contribution in [3.8, 4) is 22.8 Å². The lowest BCUT2D eigenvalue weighted by Gasteiger charge is -2.11. The molecule has 0 saturated carbocycles. The number of ether oxygens (including phenoxy) is 1. The second kappa shape index (κ2) is 8.27. The van der Waals surface area contributed by atoms with Gasteiger partial charge in [0.1, 0.15) is 11.6 Å². The lowest BCUT2D eigenvalue weighted by Crippen LogP contribution is -2.00. The Morgan fingerprint density at radius 1 is 0.893 bits per heavy atom. The minimum atomic E-state index is -0.321. The van der Waals surface area contributed by atoms with Crippen molar-refractivity contribution in [3.63, 3.8) is 0 Å². The lowest BCUT2D eigenvalue weighted by atomic mass is 10.2. The van der Waals surface area contributed by atoms with Crippen LogP contribution in [0.15, 0.2) is 84.0 Å². The number of rotatable bonds is 6. The van der Waals surface area contributed by atoms with E-state index in [0.717, 1.165) is 17.0 Å². The fourth-order valence-electron chi connectivity index (χ4n) is 2.86. The highest BCUT2D eigenvalue weighted by atomic mass is 32.2. The standard InChI is InChI=1S/C22H18FN3OS/c1-27-18-13-11-16(12-14-18)15-28-22-25-24-21(19-9-5-6-10-20(19)23)26(22)17-7-3-2-4-8-17/h2-14H,15H2,1H3. The second-order valence-electron chi connectivity index (χ2n) is 6.09. The Balaban J connectivity index is 1.70. The van der Waals surface area contributed by atoms with E-state index in [1.54, 1.807) is 37.1 Å². The number of methoxy groups -OCH3 is 1.